The molecule has 0 amide bonds. The zero-order valence-corrected chi connectivity index (χ0v) is 23.0. The van der Waals surface area contributed by atoms with Crippen LogP contribution in [0, 0.1) is 6.92 Å². The number of piperidine rings is 1. The second-order valence-electron chi connectivity index (χ2n) is 9.58. The average molecular weight is 552 g/mol. The van der Waals surface area contributed by atoms with Crippen molar-refractivity contribution >= 4 is 21.6 Å². The van der Waals surface area contributed by atoms with Gasteiger partial charge in [0.25, 0.3) is 0 Å². The Labute approximate surface area is 225 Å². The van der Waals surface area contributed by atoms with Crippen LogP contribution >= 0.6 is 11.6 Å². The number of nitrogens with zero attached hydrogens (tertiary/aromatic N) is 1. The first-order valence-electron chi connectivity index (χ1n) is 13.0. The van der Waals surface area contributed by atoms with Gasteiger partial charge in [-0.15, -0.1) is 0 Å². The number of halogens is 1. The fourth-order valence-corrected chi connectivity index (χ4v) is 6.44. The first-order valence-corrected chi connectivity index (χ1v) is 14.9. The largest absolute Gasteiger partial charge is 0.484 e. The molecule has 10 heteroatoms. The molecule has 0 bridgehead atoms. The summed E-state index contributed by atoms with van der Waals surface area (Å²) >= 11 is 6.43. The van der Waals surface area contributed by atoms with Crippen LogP contribution in [0.5, 0.6) is 5.75 Å². The number of nitrogens with one attached hydrogen (secondary N) is 1. The highest BCUT2D eigenvalue weighted by Gasteiger charge is 2.39. The molecule has 1 fully saturated rings. The fraction of sp³-hybridized carbons (Fsp3) is 0.556. The summed E-state index contributed by atoms with van der Waals surface area (Å²) < 4.78 is 45.1. The maximum atomic E-state index is 12.7. The van der Waals surface area contributed by atoms with Crippen LogP contribution < -0.4 is 15.2 Å². The predicted molar refractivity (Wildman–Crippen MR) is 145 cm³/mol. The van der Waals surface area contributed by atoms with E-state index in [1.54, 1.807) is 24.3 Å². The molecule has 1 aliphatic carbocycles. The molecule has 1 heterocycles. The molecule has 37 heavy (non-hydrogen) atoms. The molecular formula is C27H38ClN3O5S. The number of hydrogen-bond donors (Lipinski definition) is 2. The standard InChI is InChI=1S/C27H38ClN3O5S/c1-20-17-21(28)18-25-24(20)19-26(31-11-3-2-4-12-31)27(25)36-22-5-7-23(8-6-22)37(32,33)30-10-14-35-16-15-34-13-9-29/h5-8,17-18,26-27,30H,2-4,9-16,19,29H2,1H3/t26-,27-/m0/s1. The lowest BCUT2D eigenvalue weighted by molar-refractivity contribution is 0.0530. The number of rotatable bonds is 13. The van der Waals surface area contributed by atoms with Crippen LogP contribution in [0.3, 0.4) is 0 Å². The van der Waals surface area contributed by atoms with E-state index in [0.717, 1.165) is 25.1 Å². The van der Waals surface area contributed by atoms with Gasteiger partial charge in [0.15, 0.2) is 0 Å². The number of nitrogens with two attached hydrogens (primary N) is 1. The van der Waals surface area contributed by atoms with Crippen molar-refractivity contribution in [3.8, 4) is 5.75 Å². The number of sulfonamides is 1. The van der Waals surface area contributed by atoms with Gasteiger partial charge in [0.2, 0.25) is 10.0 Å². The van der Waals surface area contributed by atoms with Gasteiger partial charge in [-0.25, -0.2) is 13.1 Å². The quantitative estimate of drug-likeness (QED) is 0.367. The molecular weight excluding hydrogens is 514 g/mol. The first-order chi connectivity index (χ1) is 17.9. The van der Waals surface area contributed by atoms with Crippen molar-refractivity contribution in [2.24, 2.45) is 5.73 Å². The summed E-state index contributed by atoms with van der Waals surface area (Å²) in [6, 6.07) is 10.9. The van der Waals surface area contributed by atoms with Crippen LogP contribution in [0.1, 0.15) is 42.1 Å². The molecule has 0 unspecified atom stereocenters. The van der Waals surface area contributed by atoms with Gasteiger partial charge in [-0.3, -0.25) is 4.90 Å². The number of aryl methyl sites for hydroxylation is 1. The number of likely N-dealkylation sites (tertiary alicyclic amines) is 1. The number of ether oxygens (including phenoxy) is 3. The highest BCUT2D eigenvalue weighted by molar-refractivity contribution is 7.89. The van der Waals surface area contributed by atoms with Crippen LogP contribution in [-0.2, 0) is 25.9 Å². The summed E-state index contributed by atoms with van der Waals surface area (Å²) in [5.74, 6) is 0.636. The Morgan fingerprint density at radius 3 is 2.43 bits per heavy atom. The van der Waals surface area contributed by atoms with Crippen molar-refractivity contribution in [2.75, 3.05) is 52.6 Å². The van der Waals surface area contributed by atoms with Crippen LogP contribution in [0.25, 0.3) is 0 Å². The molecule has 4 rings (SSSR count). The minimum absolute atomic E-state index is 0.155. The van der Waals surface area contributed by atoms with Gasteiger partial charge >= 0.3 is 0 Å². The predicted octanol–water partition coefficient (Wildman–Crippen LogP) is 3.45. The van der Waals surface area contributed by atoms with Crippen LogP contribution in [0.2, 0.25) is 5.02 Å². The van der Waals surface area contributed by atoms with Crippen LogP contribution in [0.15, 0.2) is 41.3 Å². The summed E-state index contributed by atoms with van der Waals surface area (Å²) in [5, 5.41) is 0.712. The van der Waals surface area contributed by atoms with Gasteiger partial charge in [0, 0.05) is 18.1 Å². The van der Waals surface area contributed by atoms with Crippen molar-refractivity contribution in [1.29, 1.82) is 0 Å². The minimum atomic E-state index is -3.65. The van der Waals surface area contributed by atoms with Crippen molar-refractivity contribution < 1.29 is 22.6 Å². The molecule has 1 saturated heterocycles. The van der Waals surface area contributed by atoms with E-state index in [0.29, 0.717) is 37.1 Å². The summed E-state index contributed by atoms with van der Waals surface area (Å²) in [6.07, 6.45) is 4.45. The van der Waals surface area contributed by atoms with Gasteiger partial charge < -0.3 is 19.9 Å². The molecule has 1 aliphatic heterocycles. The van der Waals surface area contributed by atoms with Crippen molar-refractivity contribution in [3.05, 3.63) is 58.1 Å². The summed E-state index contributed by atoms with van der Waals surface area (Å²) in [6.45, 7) is 6.44. The average Bonchev–Trinajstić information content (AvgIpc) is 3.25. The van der Waals surface area contributed by atoms with E-state index < -0.39 is 10.0 Å². The Kier molecular flexibility index (Phi) is 10.2. The third-order valence-corrected chi connectivity index (χ3v) is 8.67. The van der Waals surface area contributed by atoms with E-state index in [9.17, 15) is 8.42 Å². The molecule has 2 atom stereocenters. The van der Waals surface area contributed by atoms with Crippen molar-refractivity contribution in [3.63, 3.8) is 0 Å². The van der Waals surface area contributed by atoms with Gasteiger partial charge in [-0.05, 0) is 92.4 Å². The number of fused-ring (bicyclic) bond motifs is 1. The number of hydrogen-bond acceptors (Lipinski definition) is 7. The van der Waals surface area contributed by atoms with Crippen LogP contribution in [0.4, 0.5) is 0 Å². The van der Waals surface area contributed by atoms with E-state index in [2.05, 4.69) is 16.5 Å². The normalized spacial score (nSPS) is 20.2. The van der Waals surface area contributed by atoms with E-state index in [4.69, 9.17) is 31.5 Å². The highest BCUT2D eigenvalue weighted by atomic mass is 35.5. The SMILES string of the molecule is Cc1cc(Cl)cc2c1C[C@H](N1CCCCC1)[C@H]2Oc1ccc(S(=O)(=O)NCCOCCOCCN)cc1. The second kappa shape index (κ2) is 13.4. The summed E-state index contributed by atoms with van der Waals surface area (Å²) in [4.78, 5) is 2.72. The molecule has 2 aliphatic rings. The Bertz CT molecular complexity index is 1120. The molecule has 0 radical (unpaired) electrons. The lowest BCUT2D eigenvalue weighted by Crippen LogP contribution is -2.43. The smallest absolute Gasteiger partial charge is 0.240 e. The molecule has 0 spiro atoms. The molecule has 2 aromatic rings. The summed E-state index contributed by atoms with van der Waals surface area (Å²) in [7, 11) is -3.65. The molecule has 8 nitrogen and oxygen atoms in total. The lowest BCUT2D eigenvalue weighted by atomic mass is 10.0. The maximum Gasteiger partial charge on any atom is 0.240 e. The zero-order chi connectivity index (χ0) is 26.3. The zero-order valence-electron chi connectivity index (χ0n) is 21.5. The molecule has 204 valence electrons. The topological polar surface area (TPSA) is 103 Å². The highest BCUT2D eigenvalue weighted by Crippen LogP contribution is 2.41. The van der Waals surface area contributed by atoms with E-state index in [-0.39, 0.29) is 30.2 Å². The third kappa shape index (κ3) is 7.44. The minimum Gasteiger partial charge on any atom is -0.484 e. The Morgan fingerprint density at radius 2 is 1.73 bits per heavy atom. The Balaban J connectivity index is 1.39. The Hall–Kier alpha value is -1.72. The molecule has 0 saturated carbocycles. The van der Waals surface area contributed by atoms with Crippen molar-refractivity contribution in [1.82, 2.24) is 9.62 Å². The van der Waals surface area contributed by atoms with E-state index >= 15 is 0 Å². The summed E-state index contributed by atoms with van der Waals surface area (Å²) in [5.41, 5.74) is 8.98. The maximum absolute atomic E-state index is 12.7. The van der Waals surface area contributed by atoms with E-state index in [1.807, 2.05) is 12.1 Å². The Morgan fingerprint density at radius 1 is 1.03 bits per heavy atom. The van der Waals surface area contributed by atoms with Crippen molar-refractivity contribution in [2.45, 2.75) is 49.6 Å². The first kappa shape index (κ1) is 28.3. The fourth-order valence-electron chi connectivity index (χ4n) is 5.15. The monoisotopic (exact) mass is 551 g/mol. The van der Waals surface area contributed by atoms with E-state index in [1.165, 1.54) is 30.4 Å². The van der Waals surface area contributed by atoms with Crippen LogP contribution in [-0.4, -0.2) is 72.0 Å². The molecule has 2 aromatic carbocycles. The molecule has 0 aromatic heterocycles. The lowest BCUT2D eigenvalue weighted by Gasteiger charge is -2.35. The second-order valence-corrected chi connectivity index (χ2v) is 11.8. The van der Waals surface area contributed by atoms with Gasteiger partial charge in [-0.1, -0.05) is 18.0 Å². The number of benzene rings is 2. The van der Waals surface area contributed by atoms with Gasteiger partial charge in [0.1, 0.15) is 11.9 Å². The molecule has 3 N–H and O–H groups in total. The third-order valence-electron chi connectivity index (χ3n) is 6.97. The van der Waals surface area contributed by atoms with Gasteiger partial charge in [0.05, 0.1) is 37.4 Å². The van der Waals surface area contributed by atoms with Gasteiger partial charge in [-0.2, -0.15) is 0 Å².